The van der Waals surface area contributed by atoms with Crippen molar-refractivity contribution in [2.45, 2.75) is 19.3 Å². The number of alkyl halides is 3. The van der Waals surface area contributed by atoms with Gasteiger partial charge in [-0.3, -0.25) is 9.78 Å². The lowest BCUT2D eigenvalue weighted by atomic mass is 10.1. The molecule has 4 nitrogen and oxygen atoms in total. The summed E-state index contributed by atoms with van der Waals surface area (Å²) in [4.78, 5) is 16.8. The van der Waals surface area contributed by atoms with Crippen molar-refractivity contribution in [3.63, 3.8) is 0 Å². The van der Waals surface area contributed by atoms with E-state index in [1.165, 1.54) is 23.5 Å². The van der Waals surface area contributed by atoms with E-state index in [9.17, 15) is 18.0 Å². The number of nitrogens with one attached hydrogen (secondary N) is 1. The lowest BCUT2D eigenvalue weighted by Crippen LogP contribution is -2.25. The first kappa shape index (κ1) is 19.2. The molecule has 0 fully saturated rings. The predicted molar refractivity (Wildman–Crippen MR) is 106 cm³/mol. The van der Waals surface area contributed by atoms with Crippen LogP contribution < -0.4 is 5.32 Å². The first-order chi connectivity index (χ1) is 13.9. The summed E-state index contributed by atoms with van der Waals surface area (Å²) in [6.45, 7) is 0.639. The fraction of sp³-hybridized carbons (Fsp3) is 0.143. The molecule has 0 unspecified atom stereocenters. The van der Waals surface area contributed by atoms with Crippen molar-refractivity contribution >= 4 is 27.5 Å². The van der Waals surface area contributed by atoms with Crippen molar-refractivity contribution in [1.82, 2.24) is 14.9 Å². The fourth-order valence-corrected chi connectivity index (χ4v) is 3.92. The van der Waals surface area contributed by atoms with E-state index in [0.29, 0.717) is 24.3 Å². The van der Waals surface area contributed by atoms with E-state index in [1.807, 2.05) is 28.1 Å². The number of fused-ring (bicyclic) bond motifs is 1. The van der Waals surface area contributed by atoms with Gasteiger partial charge in [0.1, 0.15) is 5.69 Å². The number of hydrogen-bond acceptors (Lipinski definition) is 3. The number of carbonyl (C=O) groups excluding carboxylic acids is 1. The molecular formula is C21H16F3N3OS. The smallest absolute Gasteiger partial charge is 0.347 e. The molecule has 0 spiro atoms. The lowest BCUT2D eigenvalue weighted by molar-refractivity contribution is -0.137. The minimum Gasteiger partial charge on any atom is -0.347 e. The zero-order valence-electron chi connectivity index (χ0n) is 15.1. The average molecular weight is 415 g/mol. The van der Waals surface area contributed by atoms with Crippen LogP contribution in [0.1, 0.15) is 27.2 Å². The van der Waals surface area contributed by atoms with Crippen molar-refractivity contribution in [1.29, 1.82) is 0 Å². The number of benzene rings is 1. The minimum absolute atomic E-state index is 0.246. The van der Waals surface area contributed by atoms with Crippen LogP contribution in [0, 0.1) is 0 Å². The molecular weight excluding hydrogens is 399 g/mol. The molecule has 1 N–H and O–H groups in total. The third-order valence-electron chi connectivity index (χ3n) is 4.55. The van der Waals surface area contributed by atoms with Crippen molar-refractivity contribution < 1.29 is 18.0 Å². The van der Waals surface area contributed by atoms with E-state index in [2.05, 4.69) is 10.3 Å². The van der Waals surface area contributed by atoms with Crippen LogP contribution in [0.4, 0.5) is 13.2 Å². The monoisotopic (exact) mass is 415 g/mol. The van der Waals surface area contributed by atoms with Crippen LogP contribution in [0.2, 0.25) is 0 Å². The van der Waals surface area contributed by atoms with Crippen molar-refractivity contribution in [3.8, 4) is 0 Å². The standard InChI is InChI=1S/C21H16F3N3OS/c22-21(23,24)16-5-3-14(4-6-16)13-27-17-7-9-29-19(17)10-18(27)20(28)26-12-15-2-1-8-25-11-15/h1-11H,12-13H2,(H,26,28). The molecule has 148 valence electrons. The molecule has 29 heavy (non-hydrogen) atoms. The van der Waals surface area contributed by atoms with E-state index >= 15 is 0 Å². The van der Waals surface area contributed by atoms with Gasteiger partial charge in [-0.15, -0.1) is 11.3 Å². The number of amides is 1. The topological polar surface area (TPSA) is 46.9 Å². The van der Waals surface area contributed by atoms with Crippen molar-refractivity contribution in [2.24, 2.45) is 0 Å². The summed E-state index contributed by atoms with van der Waals surface area (Å²) in [6.07, 6.45) is -1.03. The zero-order valence-corrected chi connectivity index (χ0v) is 15.9. The van der Waals surface area contributed by atoms with Gasteiger partial charge in [0.15, 0.2) is 0 Å². The van der Waals surface area contributed by atoms with Crippen LogP contribution >= 0.6 is 11.3 Å². The first-order valence-corrected chi connectivity index (χ1v) is 9.70. The SMILES string of the molecule is O=C(NCc1cccnc1)c1cc2sccc2n1Cc1ccc(C(F)(F)F)cc1. The van der Waals surface area contributed by atoms with Gasteiger partial charge in [0.2, 0.25) is 0 Å². The highest BCUT2D eigenvalue weighted by atomic mass is 32.1. The Morgan fingerprint density at radius 3 is 2.59 bits per heavy atom. The Hall–Kier alpha value is -3.13. The highest BCUT2D eigenvalue weighted by Gasteiger charge is 2.30. The fourth-order valence-electron chi connectivity index (χ4n) is 3.09. The van der Waals surface area contributed by atoms with Crippen LogP contribution in [0.25, 0.3) is 10.2 Å². The van der Waals surface area contributed by atoms with Gasteiger partial charge in [0.05, 0.1) is 15.8 Å². The Morgan fingerprint density at radius 2 is 1.90 bits per heavy atom. The normalized spacial score (nSPS) is 11.7. The molecule has 4 aromatic rings. The maximum atomic E-state index is 12.8. The molecule has 1 aromatic carbocycles. The molecule has 3 heterocycles. The van der Waals surface area contributed by atoms with Crippen LogP contribution in [-0.4, -0.2) is 15.5 Å². The van der Waals surface area contributed by atoms with Gasteiger partial charge in [-0.1, -0.05) is 18.2 Å². The second kappa shape index (κ2) is 7.71. The average Bonchev–Trinajstić information content (AvgIpc) is 3.29. The second-order valence-electron chi connectivity index (χ2n) is 6.52. The van der Waals surface area contributed by atoms with Crippen LogP contribution in [0.5, 0.6) is 0 Å². The number of rotatable bonds is 5. The molecule has 0 radical (unpaired) electrons. The first-order valence-electron chi connectivity index (χ1n) is 8.82. The van der Waals surface area contributed by atoms with Crippen LogP contribution in [0.15, 0.2) is 66.3 Å². The molecule has 0 aliphatic carbocycles. The zero-order chi connectivity index (χ0) is 20.4. The van der Waals surface area contributed by atoms with E-state index in [0.717, 1.165) is 27.9 Å². The Labute approximate surface area is 168 Å². The Bertz CT molecular complexity index is 1130. The molecule has 1 amide bonds. The largest absolute Gasteiger partial charge is 0.416 e. The van der Waals surface area contributed by atoms with Gasteiger partial charge < -0.3 is 9.88 Å². The molecule has 0 atom stereocenters. The van der Waals surface area contributed by atoms with Gasteiger partial charge in [-0.25, -0.2) is 0 Å². The van der Waals surface area contributed by atoms with Gasteiger partial charge in [-0.2, -0.15) is 13.2 Å². The molecule has 0 saturated carbocycles. The summed E-state index contributed by atoms with van der Waals surface area (Å²) < 4.78 is 41.2. The van der Waals surface area contributed by atoms with E-state index in [1.54, 1.807) is 18.5 Å². The number of carbonyl (C=O) groups is 1. The molecule has 4 rings (SSSR count). The number of halogens is 3. The molecule has 8 heteroatoms. The molecule has 0 aliphatic heterocycles. The number of thiophene rings is 1. The highest BCUT2D eigenvalue weighted by Crippen LogP contribution is 2.30. The van der Waals surface area contributed by atoms with Gasteiger partial charge in [0.25, 0.3) is 5.91 Å². The summed E-state index contributed by atoms with van der Waals surface area (Å²) in [5.41, 5.74) is 2.22. The number of hydrogen-bond donors (Lipinski definition) is 1. The van der Waals surface area contributed by atoms with Crippen molar-refractivity contribution in [3.05, 3.63) is 88.7 Å². The molecule has 3 aromatic heterocycles. The lowest BCUT2D eigenvalue weighted by Gasteiger charge is -2.12. The molecule has 0 bridgehead atoms. The maximum absolute atomic E-state index is 12.8. The summed E-state index contributed by atoms with van der Waals surface area (Å²) in [7, 11) is 0. The number of pyridine rings is 1. The third kappa shape index (κ3) is 4.17. The van der Waals surface area contributed by atoms with Crippen LogP contribution in [0.3, 0.4) is 0 Å². The van der Waals surface area contributed by atoms with E-state index in [4.69, 9.17) is 0 Å². The van der Waals surface area contributed by atoms with Crippen LogP contribution in [-0.2, 0) is 19.3 Å². The molecule has 0 aliphatic rings. The Kier molecular flexibility index (Phi) is 5.10. The Morgan fingerprint density at radius 1 is 1.10 bits per heavy atom. The Balaban J connectivity index is 1.58. The van der Waals surface area contributed by atoms with Crippen molar-refractivity contribution in [2.75, 3.05) is 0 Å². The number of aromatic nitrogens is 2. The van der Waals surface area contributed by atoms with Gasteiger partial charge in [-0.05, 0) is 46.8 Å². The predicted octanol–water partition coefficient (Wildman–Crippen LogP) is 5.09. The summed E-state index contributed by atoms with van der Waals surface area (Å²) in [5.74, 6) is -0.246. The van der Waals surface area contributed by atoms with Gasteiger partial charge >= 0.3 is 6.18 Å². The number of nitrogens with zero attached hydrogens (tertiary/aromatic N) is 2. The summed E-state index contributed by atoms with van der Waals surface area (Å²) in [6, 6.07) is 12.4. The summed E-state index contributed by atoms with van der Waals surface area (Å²) in [5, 5.41) is 4.80. The summed E-state index contributed by atoms with van der Waals surface area (Å²) >= 11 is 1.51. The second-order valence-corrected chi connectivity index (χ2v) is 7.47. The molecule has 0 saturated heterocycles. The van der Waals surface area contributed by atoms with E-state index in [-0.39, 0.29) is 5.91 Å². The van der Waals surface area contributed by atoms with E-state index < -0.39 is 11.7 Å². The minimum atomic E-state index is -4.37. The third-order valence-corrected chi connectivity index (χ3v) is 5.41. The highest BCUT2D eigenvalue weighted by molar-refractivity contribution is 7.17. The van der Waals surface area contributed by atoms with Gasteiger partial charge in [0, 0.05) is 25.5 Å². The maximum Gasteiger partial charge on any atom is 0.416 e. The quantitative estimate of drug-likeness (QED) is 0.493.